The normalized spacial score (nSPS) is 28.0. The quantitative estimate of drug-likeness (QED) is 0.448. The Labute approximate surface area is 166 Å². The van der Waals surface area contributed by atoms with Gasteiger partial charge in [0.05, 0.1) is 30.7 Å². The number of imide groups is 1. The molecule has 7 heteroatoms. The lowest BCUT2D eigenvalue weighted by Crippen LogP contribution is -2.28. The highest BCUT2D eigenvalue weighted by atomic mass is 35.5. The fourth-order valence-electron chi connectivity index (χ4n) is 4.55. The summed E-state index contributed by atoms with van der Waals surface area (Å²) < 4.78 is 11.1. The Hall–Kier alpha value is -2.86. The number of hydrogen-bond donors (Lipinski definition) is 0. The molecule has 1 aliphatic heterocycles. The van der Waals surface area contributed by atoms with Crippen LogP contribution in [-0.2, 0) is 9.59 Å². The SMILES string of the molecule is COc1ccc(Cl)cc1-c1ccc(/C=N\N2C(=O)[C@@H]3[C@H](C2=O)[C@H]2C=C[C@@H]3C2)o1. The summed E-state index contributed by atoms with van der Waals surface area (Å²) in [4.78, 5) is 25.3. The fraction of sp³-hybridized carbons (Fsp3) is 0.286. The molecular weight excluding hydrogens is 380 g/mol. The largest absolute Gasteiger partial charge is 0.496 e. The summed E-state index contributed by atoms with van der Waals surface area (Å²) >= 11 is 6.07. The van der Waals surface area contributed by atoms with Gasteiger partial charge in [0.15, 0.2) is 0 Å². The van der Waals surface area contributed by atoms with E-state index in [2.05, 4.69) is 17.3 Å². The lowest BCUT2D eigenvalue weighted by molar-refractivity contribution is -0.140. The first kappa shape index (κ1) is 17.3. The van der Waals surface area contributed by atoms with E-state index in [0.29, 0.717) is 27.9 Å². The third-order valence-corrected chi connectivity index (χ3v) is 6.04. The predicted octanol–water partition coefficient (Wildman–Crippen LogP) is 3.75. The number of fused-ring (bicyclic) bond motifs is 5. The molecule has 2 heterocycles. The number of methoxy groups -OCH3 is 1. The summed E-state index contributed by atoms with van der Waals surface area (Å²) in [5.74, 6) is 0.981. The number of allylic oxidation sites excluding steroid dienone is 2. The molecule has 1 saturated heterocycles. The van der Waals surface area contributed by atoms with E-state index in [1.807, 2.05) is 0 Å². The highest BCUT2D eigenvalue weighted by molar-refractivity contribution is 6.31. The third-order valence-electron chi connectivity index (χ3n) is 5.80. The van der Waals surface area contributed by atoms with E-state index in [1.165, 1.54) is 6.21 Å². The fourth-order valence-corrected chi connectivity index (χ4v) is 4.73. The van der Waals surface area contributed by atoms with Gasteiger partial charge in [-0.25, -0.2) is 0 Å². The Morgan fingerprint density at radius 1 is 1.14 bits per heavy atom. The Balaban J connectivity index is 1.38. The van der Waals surface area contributed by atoms with Crippen LogP contribution in [-0.4, -0.2) is 30.1 Å². The summed E-state index contributed by atoms with van der Waals surface area (Å²) in [7, 11) is 1.57. The monoisotopic (exact) mass is 396 g/mol. The number of carbonyl (C=O) groups is 2. The maximum Gasteiger partial charge on any atom is 0.254 e. The van der Waals surface area contributed by atoms with Gasteiger partial charge in [-0.05, 0) is 48.6 Å². The molecule has 0 unspecified atom stereocenters. The molecule has 4 atom stereocenters. The van der Waals surface area contributed by atoms with Gasteiger partial charge in [-0.2, -0.15) is 10.1 Å². The molecule has 2 aromatic rings. The molecule has 1 aromatic heterocycles. The number of benzene rings is 1. The molecular formula is C21H17ClN2O4. The van der Waals surface area contributed by atoms with E-state index in [9.17, 15) is 9.59 Å². The van der Waals surface area contributed by atoms with Crippen LogP contribution in [0.3, 0.4) is 0 Å². The minimum Gasteiger partial charge on any atom is -0.496 e. The Morgan fingerprint density at radius 2 is 1.86 bits per heavy atom. The zero-order valence-corrected chi connectivity index (χ0v) is 15.8. The molecule has 5 rings (SSSR count). The molecule has 2 amide bonds. The van der Waals surface area contributed by atoms with Crippen LogP contribution >= 0.6 is 11.6 Å². The van der Waals surface area contributed by atoms with E-state index in [-0.39, 0.29) is 35.5 Å². The lowest BCUT2D eigenvalue weighted by Gasteiger charge is -2.13. The summed E-state index contributed by atoms with van der Waals surface area (Å²) in [6.07, 6.45) is 6.41. The molecule has 142 valence electrons. The molecule has 2 bridgehead atoms. The number of rotatable bonds is 4. The van der Waals surface area contributed by atoms with Crippen molar-refractivity contribution in [2.24, 2.45) is 28.8 Å². The van der Waals surface area contributed by atoms with Gasteiger partial charge < -0.3 is 9.15 Å². The molecule has 1 aromatic carbocycles. The minimum absolute atomic E-state index is 0.164. The Bertz CT molecular complexity index is 1010. The highest BCUT2D eigenvalue weighted by Gasteiger charge is 2.59. The average Bonchev–Trinajstić information content (AvgIpc) is 3.46. The van der Waals surface area contributed by atoms with Crippen LogP contribution in [0.4, 0.5) is 0 Å². The summed E-state index contributed by atoms with van der Waals surface area (Å²) in [5.41, 5.74) is 0.708. The van der Waals surface area contributed by atoms with Crippen LogP contribution in [0.15, 0.2) is 52.0 Å². The number of carbonyl (C=O) groups excluding carboxylic acids is 2. The third kappa shape index (κ3) is 2.52. The first-order valence-corrected chi connectivity index (χ1v) is 9.48. The first-order chi connectivity index (χ1) is 13.6. The number of furan rings is 1. The van der Waals surface area contributed by atoms with Crippen molar-refractivity contribution in [3.63, 3.8) is 0 Å². The summed E-state index contributed by atoms with van der Waals surface area (Å²) in [6, 6.07) is 8.73. The molecule has 1 saturated carbocycles. The van der Waals surface area contributed by atoms with E-state index in [0.717, 1.165) is 11.4 Å². The maximum atomic E-state index is 12.7. The van der Waals surface area contributed by atoms with Crippen LogP contribution in [0.25, 0.3) is 11.3 Å². The van der Waals surface area contributed by atoms with Crippen molar-refractivity contribution < 1.29 is 18.7 Å². The van der Waals surface area contributed by atoms with Crippen LogP contribution in [0.2, 0.25) is 5.02 Å². The van der Waals surface area contributed by atoms with Gasteiger partial charge in [0.25, 0.3) is 11.8 Å². The van der Waals surface area contributed by atoms with E-state index < -0.39 is 0 Å². The van der Waals surface area contributed by atoms with Gasteiger partial charge >= 0.3 is 0 Å². The van der Waals surface area contributed by atoms with Gasteiger partial charge in [0.1, 0.15) is 17.3 Å². The average molecular weight is 397 g/mol. The van der Waals surface area contributed by atoms with Gasteiger partial charge in [-0.15, -0.1) is 0 Å². The second-order valence-corrected chi connectivity index (χ2v) is 7.72. The van der Waals surface area contributed by atoms with Crippen molar-refractivity contribution in [3.05, 3.63) is 53.3 Å². The Morgan fingerprint density at radius 3 is 2.54 bits per heavy atom. The summed E-state index contributed by atoms with van der Waals surface area (Å²) in [5, 5.41) is 5.70. The second-order valence-electron chi connectivity index (χ2n) is 7.28. The van der Waals surface area contributed by atoms with Crippen molar-refractivity contribution in [1.82, 2.24) is 5.01 Å². The van der Waals surface area contributed by atoms with Crippen molar-refractivity contribution in [1.29, 1.82) is 0 Å². The maximum absolute atomic E-state index is 12.7. The predicted molar refractivity (Wildman–Crippen MR) is 103 cm³/mol. The van der Waals surface area contributed by atoms with Crippen LogP contribution < -0.4 is 4.74 Å². The molecule has 3 aliphatic rings. The van der Waals surface area contributed by atoms with Gasteiger partial charge in [0.2, 0.25) is 0 Å². The van der Waals surface area contributed by atoms with Crippen LogP contribution in [0.5, 0.6) is 5.75 Å². The number of halogens is 1. The highest BCUT2D eigenvalue weighted by Crippen LogP contribution is 2.52. The lowest BCUT2D eigenvalue weighted by atomic mass is 9.85. The molecule has 2 fully saturated rings. The van der Waals surface area contributed by atoms with Crippen molar-refractivity contribution in [2.75, 3.05) is 7.11 Å². The minimum atomic E-state index is -0.262. The first-order valence-electron chi connectivity index (χ1n) is 9.10. The molecule has 0 spiro atoms. The van der Waals surface area contributed by atoms with Crippen LogP contribution in [0.1, 0.15) is 12.2 Å². The van der Waals surface area contributed by atoms with Crippen molar-refractivity contribution in [3.8, 4) is 17.1 Å². The molecule has 28 heavy (non-hydrogen) atoms. The molecule has 6 nitrogen and oxygen atoms in total. The van der Waals surface area contributed by atoms with Crippen molar-refractivity contribution >= 4 is 29.6 Å². The van der Waals surface area contributed by atoms with Crippen molar-refractivity contribution in [2.45, 2.75) is 6.42 Å². The number of ether oxygens (including phenoxy) is 1. The van der Waals surface area contributed by atoms with Gasteiger partial charge in [-0.3, -0.25) is 9.59 Å². The molecule has 2 aliphatic carbocycles. The number of hydrazone groups is 1. The summed E-state index contributed by atoms with van der Waals surface area (Å²) in [6.45, 7) is 0. The van der Waals surface area contributed by atoms with E-state index >= 15 is 0 Å². The van der Waals surface area contributed by atoms with Gasteiger partial charge in [0, 0.05) is 5.02 Å². The second kappa shape index (κ2) is 6.34. The Kier molecular flexibility index (Phi) is 3.91. The van der Waals surface area contributed by atoms with Crippen LogP contribution in [0, 0.1) is 23.7 Å². The standard InChI is InChI=1S/C21H17ClN2O4/c1-27-16-6-4-13(22)9-15(16)17-7-5-14(28-17)10-23-24-20(25)18-11-2-3-12(8-11)19(18)21(24)26/h2-7,9-12,18-19H,8H2,1H3/b23-10-/t11-,12+,18+,19-. The smallest absolute Gasteiger partial charge is 0.254 e. The zero-order chi connectivity index (χ0) is 19.4. The zero-order valence-electron chi connectivity index (χ0n) is 15.0. The number of nitrogens with zero attached hydrogens (tertiary/aromatic N) is 2. The molecule has 0 radical (unpaired) electrons. The van der Waals surface area contributed by atoms with E-state index in [4.69, 9.17) is 20.8 Å². The molecule has 0 N–H and O–H groups in total. The number of amides is 2. The van der Waals surface area contributed by atoms with Gasteiger partial charge in [-0.1, -0.05) is 23.8 Å². The number of hydrogen-bond acceptors (Lipinski definition) is 5. The van der Waals surface area contributed by atoms with E-state index in [1.54, 1.807) is 37.4 Å². The topological polar surface area (TPSA) is 72.1 Å².